The molecule has 1 aromatic carbocycles. The highest BCUT2D eigenvalue weighted by atomic mass is 16.5. The van der Waals surface area contributed by atoms with Gasteiger partial charge in [0.1, 0.15) is 11.4 Å². The van der Waals surface area contributed by atoms with Gasteiger partial charge < -0.3 is 20.4 Å². The first-order valence-electron chi connectivity index (χ1n) is 9.92. The van der Waals surface area contributed by atoms with E-state index in [0.717, 1.165) is 54.0 Å². The zero-order chi connectivity index (χ0) is 20.4. The van der Waals surface area contributed by atoms with Crippen molar-refractivity contribution in [3.05, 3.63) is 58.9 Å². The zero-order valence-electron chi connectivity index (χ0n) is 16.5. The van der Waals surface area contributed by atoms with Gasteiger partial charge in [-0.1, -0.05) is 12.1 Å². The van der Waals surface area contributed by atoms with E-state index in [1.807, 2.05) is 13.0 Å². The van der Waals surface area contributed by atoms with Crippen LogP contribution in [0.4, 0.5) is 4.79 Å². The molecular formula is C22H26N4O3. The number of hydrogen-bond acceptors (Lipinski definition) is 5. The fraction of sp³-hybridized carbons (Fsp3) is 0.364. The van der Waals surface area contributed by atoms with Gasteiger partial charge in [0.15, 0.2) is 0 Å². The molecule has 1 saturated heterocycles. The van der Waals surface area contributed by atoms with Crippen LogP contribution in [0.25, 0.3) is 5.57 Å². The maximum atomic E-state index is 11.6. The topological polar surface area (TPSA) is 97.7 Å². The lowest BCUT2D eigenvalue weighted by Gasteiger charge is -2.44. The molecule has 7 nitrogen and oxygen atoms in total. The lowest BCUT2D eigenvalue weighted by Crippen LogP contribution is -2.52. The van der Waals surface area contributed by atoms with Gasteiger partial charge in [0.2, 0.25) is 0 Å². The molecule has 4 N–H and O–H groups in total. The number of ether oxygens (including phenoxy) is 1. The number of carbonyl (C=O) groups is 1. The molecule has 0 radical (unpaired) electrons. The van der Waals surface area contributed by atoms with Crippen LogP contribution in [0, 0.1) is 5.41 Å². The summed E-state index contributed by atoms with van der Waals surface area (Å²) in [5.41, 5.74) is 6.94. The van der Waals surface area contributed by atoms with Crippen LogP contribution in [-0.2, 0) is 6.42 Å². The van der Waals surface area contributed by atoms with E-state index in [1.54, 1.807) is 16.5 Å². The van der Waals surface area contributed by atoms with Gasteiger partial charge in [0.05, 0.1) is 0 Å². The van der Waals surface area contributed by atoms with E-state index in [-0.39, 0.29) is 5.60 Å². The molecule has 29 heavy (non-hydrogen) atoms. The maximum absolute atomic E-state index is 11.6. The molecule has 1 fully saturated rings. The summed E-state index contributed by atoms with van der Waals surface area (Å²) in [7, 11) is 0. The molecule has 0 saturated carbocycles. The molecule has 3 aliphatic rings. The van der Waals surface area contributed by atoms with Crippen molar-refractivity contribution in [1.29, 1.82) is 5.41 Å². The summed E-state index contributed by atoms with van der Waals surface area (Å²) < 4.78 is 6.44. The summed E-state index contributed by atoms with van der Waals surface area (Å²) in [6, 6.07) is 5.89. The van der Waals surface area contributed by atoms with Gasteiger partial charge in [-0.15, -0.1) is 0 Å². The van der Waals surface area contributed by atoms with Crippen LogP contribution in [0.1, 0.15) is 37.3 Å². The van der Waals surface area contributed by atoms with Gasteiger partial charge in [0, 0.05) is 49.1 Å². The molecule has 0 aliphatic carbocycles. The van der Waals surface area contributed by atoms with Crippen molar-refractivity contribution in [1.82, 2.24) is 15.7 Å². The molecule has 2 amide bonds. The first-order valence-corrected chi connectivity index (χ1v) is 9.92. The normalized spacial score (nSPS) is 21.4. The van der Waals surface area contributed by atoms with Gasteiger partial charge in [-0.3, -0.25) is 5.21 Å². The van der Waals surface area contributed by atoms with E-state index >= 15 is 0 Å². The molecular weight excluding hydrogens is 368 g/mol. The average molecular weight is 394 g/mol. The molecule has 0 atom stereocenters. The van der Waals surface area contributed by atoms with Crippen molar-refractivity contribution in [2.75, 3.05) is 13.1 Å². The molecule has 0 bridgehead atoms. The largest absolute Gasteiger partial charge is 0.487 e. The van der Waals surface area contributed by atoms with Crippen LogP contribution in [0.3, 0.4) is 0 Å². The average Bonchev–Trinajstić information content (AvgIpc) is 2.74. The van der Waals surface area contributed by atoms with Gasteiger partial charge in [0.25, 0.3) is 0 Å². The van der Waals surface area contributed by atoms with Crippen molar-refractivity contribution in [3.8, 4) is 5.75 Å². The second-order valence-corrected chi connectivity index (χ2v) is 7.80. The highest BCUT2D eigenvalue weighted by molar-refractivity contribution is 5.80. The van der Waals surface area contributed by atoms with Crippen LogP contribution in [0.5, 0.6) is 5.75 Å². The van der Waals surface area contributed by atoms with Gasteiger partial charge in [-0.25, -0.2) is 10.3 Å². The Balaban J connectivity index is 1.49. The molecule has 4 rings (SSSR count). The summed E-state index contributed by atoms with van der Waals surface area (Å²) >= 11 is 0. The van der Waals surface area contributed by atoms with Crippen LogP contribution in [0.2, 0.25) is 0 Å². The number of aryl methyl sites for hydroxylation is 1. The van der Waals surface area contributed by atoms with E-state index < -0.39 is 6.03 Å². The number of amides is 2. The number of nitrogens with zero attached hydrogens (tertiary/aromatic N) is 1. The Morgan fingerprint density at radius 3 is 2.79 bits per heavy atom. The second-order valence-electron chi connectivity index (χ2n) is 7.80. The number of carbonyl (C=O) groups excluding carboxylic acids is 1. The number of hydroxylamine groups is 1. The van der Waals surface area contributed by atoms with Crippen molar-refractivity contribution in [3.63, 3.8) is 0 Å². The van der Waals surface area contributed by atoms with Gasteiger partial charge in [-0.2, -0.15) is 0 Å². The van der Waals surface area contributed by atoms with E-state index in [4.69, 9.17) is 15.4 Å². The summed E-state index contributed by atoms with van der Waals surface area (Å²) in [5, 5.41) is 19.3. The number of rotatable bonds is 2. The standard InChI is InChI=1S/C22H26N4O3/c1-15-19(4-3-18(24-15)7-11-23)16-2-5-20-17(14-16)6-8-22(29-20)9-12-26(13-10-22)21(27)25-28/h2-5,7,11,14,23-24,28H,6,8-10,12-13H2,1H3,(H,25,27)/b18-7-,23-11?. The predicted octanol–water partition coefficient (Wildman–Crippen LogP) is 3.37. The number of allylic oxidation sites excluding steroid dienone is 5. The minimum absolute atomic E-state index is 0.227. The minimum atomic E-state index is -0.447. The van der Waals surface area contributed by atoms with Crippen molar-refractivity contribution >= 4 is 17.8 Å². The highest BCUT2D eigenvalue weighted by Crippen LogP contribution is 2.40. The van der Waals surface area contributed by atoms with Crippen LogP contribution in [-0.4, -0.2) is 41.0 Å². The van der Waals surface area contributed by atoms with Crippen molar-refractivity contribution in [2.45, 2.75) is 38.2 Å². The molecule has 7 heteroatoms. The first-order chi connectivity index (χ1) is 14.0. The van der Waals surface area contributed by atoms with Crippen LogP contribution >= 0.6 is 0 Å². The summed E-state index contributed by atoms with van der Waals surface area (Å²) in [4.78, 5) is 13.2. The molecule has 3 heterocycles. The smallest absolute Gasteiger partial charge is 0.341 e. The minimum Gasteiger partial charge on any atom is -0.487 e. The zero-order valence-corrected chi connectivity index (χ0v) is 16.5. The van der Waals surface area contributed by atoms with Crippen LogP contribution < -0.4 is 15.5 Å². The van der Waals surface area contributed by atoms with E-state index in [1.165, 1.54) is 11.8 Å². The predicted molar refractivity (Wildman–Crippen MR) is 111 cm³/mol. The SMILES string of the molecule is CC1=C(c2ccc3c(c2)CCC2(CCN(C(=O)NO)CC2)O3)C=C/C(=C/C=N)N1. The Bertz CT molecular complexity index is 924. The summed E-state index contributed by atoms with van der Waals surface area (Å²) in [6.45, 7) is 3.19. The Morgan fingerprint density at radius 1 is 1.31 bits per heavy atom. The van der Waals surface area contributed by atoms with E-state index in [0.29, 0.717) is 13.1 Å². The second kappa shape index (κ2) is 7.75. The van der Waals surface area contributed by atoms with Gasteiger partial charge >= 0.3 is 6.03 Å². The molecule has 3 aliphatic heterocycles. The number of dihydropyridines is 1. The molecule has 1 spiro atoms. The molecule has 152 valence electrons. The highest BCUT2D eigenvalue weighted by Gasteiger charge is 2.40. The number of urea groups is 1. The van der Waals surface area contributed by atoms with Crippen molar-refractivity contribution in [2.24, 2.45) is 0 Å². The number of benzene rings is 1. The fourth-order valence-electron chi connectivity index (χ4n) is 4.35. The van der Waals surface area contributed by atoms with Gasteiger partial charge in [-0.05, 0) is 55.2 Å². The monoisotopic (exact) mass is 394 g/mol. The lowest BCUT2D eigenvalue weighted by atomic mass is 9.82. The lowest BCUT2D eigenvalue weighted by molar-refractivity contribution is -0.00879. The quantitative estimate of drug-likeness (QED) is 0.351. The third-order valence-electron chi connectivity index (χ3n) is 6.03. The Morgan fingerprint density at radius 2 is 2.10 bits per heavy atom. The fourth-order valence-corrected chi connectivity index (χ4v) is 4.35. The summed E-state index contributed by atoms with van der Waals surface area (Å²) in [6.07, 6.45) is 10.5. The maximum Gasteiger partial charge on any atom is 0.341 e. The third-order valence-corrected chi connectivity index (χ3v) is 6.03. The Labute approximate surface area is 170 Å². The van der Waals surface area contributed by atoms with Crippen molar-refractivity contribution < 1.29 is 14.7 Å². The summed E-state index contributed by atoms with van der Waals surface area (Å²) in [5.74, 6) is 0.926. The number of nitrogens with one attached hydrogen (secondary N) is 3. The third kappa shape index (κ3) is 3.78. The number of likely N-dealkylation sites (tertiary alicyclic amines) is 1. The van der Waals surface area contributed by atoms with Crippen LogP contribution in [0.15, 0.2) is 47.8 Å². The molecule has 0 aromatic heterocycles. The molecule has 1 aromatic rings. The Hall–Kier alpha value is -3.06. The van der Waals surface area contributed by atoms with E-state index in [2.05, 4.69) is 29.6 Å². The first kappa shape index (κ1) is 19.3. The number of fused-ring (bicyclic) bond motifs is 1. The van der Waals surface area contributed by atoms with E-state index in [9.17, 15) is 4.79 Å². The number of piperidine rings is 1. The number of hydrogen-bond donors (Lipinski definition) is 4. The molecule has 0 unspecified atom stereocenters. The Kier molecular flexibility index (Phi) is 5.15.